The van der Waals surface area contributed by atoms with Crippen molar-refractivity contribution in [2.45, 2.75) is 32.5 Å². The molecule has 0 amide bonds. The van der Waals surface area contributed by atoms with Gasteiger partial charge in [0.25, 0.3) is 0 Å². The molecule has 1 aliphatic heterocycles. The van der Waals surface area contributed by atoms with Gasteiger partial charge in [0.05, 0.1) is 0 Å². The molecule has 2 radical (unpaired) electrons. The summed E-state index contributed by atoms with van der Waals surface area (Å²) in [6.07, 6.45) is 0. The molecule has 3 heteroatoms. The predicted octanol–water partition coefficient (Wildman–Crippen LogP) is 1.91. The summed E-state index contributed by atoms with van der Waals surface area (Å²) in [5.41, 5.74) is 0.948. The van der Waals surface area contributed by atoms with E-state index in [0.29, 0.717) is 24.4 Å². The Morgan fingerprint density at radius 3 is 2.50 bits per heavy atom. The van der Waals surface area contributed by atoms with Crippen molar-refractivity contribution in [2.75, 3.05) is 7.05 Å². The van der Waals surface area contributed by atoms with E-state index in [1.54, 1.807) is 6.07 Å². The second-order valence-corrected chi connectivity index (χ2v) is 4.45. The third-order valence-corrected chi connectivity index (χ3v) is 3.42. The molecule has 1 aromatic carbocycles. The molecule has 0 spiro atoms. The maximum absolute atomic E-state index is 9.72. The summed E-state index contributed by atoms with van der Waals surface area (Å²) in [6.45, 7) is 8.36. The molecule has 3 nitrogen and oxygen atoms in total. The Balaban J connectivity index is 2.09. The van der Waals surface area contributed by atoms with Crippen molar-refractivity contribution in [3.8, 4) is 5.75 Å². The number of nitrogens with zero attached hydrogens (tertiary/aromatic N) is 2. The molecule has 2 rings (SSSR count). The lowest BCUT2D eigenvalue weighted by molar-refractivity contribution is 0.283. The van der Waals surface area contributed by atoms with Gasteiger partial charge in [-0.3, -0.25) is 9.80 Å². The number of phenolic OH excluding ortho intramolecular Hbond substituents is 1. The molecule has 1 heterocycles. The molecule has 0 aromatic heterocycles. The Hall–Kier alpha value is -1.06. The quantitative estimate of drug-likeness (QED) is 0.821. The van der Waals surface area contributed by atoms with E-state index in [2.05, 4.69) is 30.3 Å². The zero-order valence-electron chi connectivity index (χ0n) is 10.0. The van der Waals surface area contributed by atoms with Crippen LogP contribution in [-0.2, 0) is 6.54 Å². The molecule has 1 saturated heterocycles. The van der Waals surface area contributed by atoms with Gasteiger partial charge in [-0.05, 0) is 27.0 Å². The van der Waals surface area contributed by atoms with Crippen LogP contribution < -0.4 is 0 Å². The van der Waals surface area contributed by atoms with Gasteiger partial charge >= 0.3 is 0 Å². The van der Waals surface area contributed by atoms with Crippen LogP contribution in [-0.4, -0.2) is 34.0 Å². The van der Waals surface area contributed by atoms with E-state index in [9.17, 15) is 5.11 Å². The van der Waals surface area contributed by atoms with Crippen molar-refractivity contribution >= 4 is 0 Å². The van der Waals surface area contributed by atoms with Crippen LogP contribution in [0.2, 0.25) is 0 Å². The van der Waals surface area contributed by atoms with Crippen LogP contribution >= 0.6 is 0 Å². The average molecular weight is 218 g/mol. The molecule has 16 heavy (non-hydrogen) atoms. The van der Waals surface area contributed by atoms with Crippen LogP contribution in [0.4, 0.5) is 0 Å². The minimum Gasteiger partial charge on any atom is -0.508 e. The summed E-state index contributed by atoms with van der Waals surface area (Å²) >= 11 is 0. The summed E-state index contributed by atoms with van der Waals surface area (Å²) in [5.74, 6) is 0.360. The zero-order chi connectivity index (χ0) is 11.7. The van der Waals surface area contributed by atoms with Gasteiger partial charge in [-0.15, -0.1) is 0 Å². The highest BCUT2D eigenvalue weighted by atomic mass is 16.3. The Morgan fingerprint density at radius 2 is 1.94 bits per heavy atom. The first-order valence-electron chi connectivity index (χ1n) is 5.62. The highest BCUT2D eigenvalue weighted by Crippen LogP contribution is 2.26. The standard InChI is InChI=1S/C13H18N2O/c1-10-11(2)15(9-14(10)3)8-12-6-4-5-7-13(12)16/h4-7,10-11,16H,8H2,1-3H3. The van der Waals surface area contributed by atoms with Gasteiger partial charge in [-0.1, -0.05) is 18.2 Å². The lowest BCUT2D eigenvalue weighted by Crippen LogP contribution is -2.31. The molecule has 0 bridgehead atoms. The van der Waals surface area contributed by atoms with Crippen molar-refractivity contribution in [1.82, 2.24) is 9.80 Å². The van der Waals surface area contributed by atoms with Gasteiger partial charge < -0.3 is 5.11 Å². The topological polar surface area (TPSA) is 26.7 Å². The number of benzene rings is 1. The Labute approximate surface area is 97.3 Å². The van der Waals surface area contributed by atoms with E-state index in [1.807, 2.05) is 25.2 Å². The normalized spacial score (nSPS) is 27.4. The van der Waals surface area contributed by atoms with E-state index in [0.717, 1.165) is 5.56 Å². The smallest absolute Gasteiger partial charge is 0.147 e. The second kappa shape index (κ2) is 4.44. The molecule has 1 N–H and O–H groups in total. The van der Waals surface area contributed by atoms with Gasteiger partial charge in [-0.2, -0.15) is 0 Å². The molecule has 0 saturated carbocycles. The van der Waals surface area contributed by atoms with Crippen LogP contribution in [0, 0.1) is 6.67 Å². The van der Waals surface area contributed by atoms with Crippen LogP contribution in [0.3, 0.4) is 0 Å². The molecule has 1 aliphatic rings. The Morgan fingerprint density at radius 1 is 1.25 bits per heavy atom. The first-order valence-corrected chi connectivity index (χ1v) is 5.62. The largest absolute Gasteiger partial charge is 0.508 e. The summed E-state index contributed by atoms with van der Waals surface area (Å²) in [7, 11) is 2.03. The third-order valence-electron chi connectivity index (χ3n) is 3.42. The Bertz CT molecular complexity index is 367. The first-order chi connectivity index (χ1) is 7.59. The maximum atomic E-state index is 9.72. The van der Waals surface area contributed by atoms with Gasteiger partial charge in [0, 0.05) is 24.2 Å². The number of hydrogen-bond acceptors (Lipinski definition) is 3. The number of rotatable bonds is 2. The fourth-order valence-electron chi connectivity index (χ4n) is 1.98. The van der Waals surface area contributed by atoms with Crippen molar-refractivity contribution in [1.29, 1.82) is 0 Å². The van der Waals surface area contributed by atoms with Crippen molar-refractivity contribution in [3.05, 3.63) is 36.5 Å². The van der Waals surface area contributed by atoms with E-state index in [4.69, 9.17) is 0 Å². The molecule has 2 atom stereocenters. The summed E-state index contributed by atoms with van der Waals surface area (Å²) in [4.78, 5) is 4.23. The highest BCUT2D eigenvalue weighted by molar-refractivity contribution is 5.31. The van der Waals surface area contributed by atoms with E-state index in [-0.39, 0.29) is 0 Å². The maximum Gasteiger partial charge on any atom is 0.147 e. The lowest BCUT2D eigenvalue weighted by atomic mass is 10.1. The van der Waals surface area contributed by atoms with Crippen LogP contribution in [0.15, 0.2) is 24.3 Å². The number of phenols is 1. The fraction of sp³-hybridized carbons (Fsp3) is 0.462. The van der Waals surface area contributed by atoms with E-state index < -0.39 is 0 Å². The molecular weight excluding hydrogens is 200 g/mol. The summed E-state index contributed by atoms with van der Waals surface area (Å²) < 4.78 is 0. The SMILES string of the molecule is CC1C(C)N(Cc2ccccc2O)[C]N1C. The molecule has 2 unspecified atom stereocenters. The average Bonchev–Trinajstić information content (AvgIpc) is 2.50. The zero-order valence-corrected chi connectivity index (χ0v) is 10.0. The number of hydrogen-bond donors (Lipinski definition) is 1. The lowest BCUT2D eigenvalue weighted by Gasteiger charge is -2.21. The molecular formula is C13H18N2O. The van der Waals surface area contributed by atoms with E-state index in [1.165, 1.54) is 0 Å². The molecule has 1 aromatic rings. The third kappa shape index (κ3) is 2.06. The van der Waals surface area contributed by atoms with Gasteiger partial charge in [0.15, 0.2) is 0 Å². The van der Waals surface area contributed by atoms with Crippen LogP contribution in [0.1, 0.15) is 19.4 Å². The van der Waals surface area contributed by atoms with Gasteiger partial charge in [0.2, 0.25) is 0 Å². The predicted molar refractivity (Wildman–Crippen MR) is 63.6 cm³/mol. The number of para-hydroxylation sites is 1. The van der Waals surface area contributed by atoms with Crippen molar-refractivity contribution < 1.29 is 5.11 Å². The van der Waals surface area contributed by atoms with Gasteiger partial charge in [0.1, 0.15) is 12.4 Å². The Kier molecular flexibility index (Phi) is 3.17. The molecule has 0 aliphatic carbocycles. The number of aromatic hydroxyl groups is 1. The number of likely N-dealkylation sites (N-methyl/N-ethyl adjacent to an activating group) is 1. The van der Waals surface area contributed by atoms with E-state index >= 15 is 0 Å². The van der Waals surface area contributed by atoms with Crippen LogP contribution in [0.25, 0.3) is 0 Å². The van der Waals surface area contributed by atoms with Crippen LogP contribution in [0.5, 0.6) is 5.75 Å². The fourth-order valence-corrected chi connectivity index (χ4v) is 1.98. The summed E-state index contributed by atoms with van der Waals surface area (Å²) in [5, 5.41) is 9.72. The highest BCUT2D eigenvalue weighted by Gasteiger charge is 2.33. The van der Waals surface area contributed by atoms with Gasteiger partial charge in [-0.25, -0.2) is 0 Å². The minimum absolute atomic E-state index is 0.360. The van der Waals surface area contributed by atoms with Crippen molar-refractivity contribution in [3.63, 3.8) is 0 Å². The van der Waals surface area contributed by atoms with Crippen molar-refractivity contribution in [2.24, 2.45) is 0 Å². The molecule has 86 valence electrons. The summed E-state index contributed by atoms with van der Waals surface area (Å²) in [6, 6.07) is 8.35. The minimum atomic E-state index is 0.360. The second-order valence-electron chi connectivity index (χ2n) is 4.45. The molecule has 1 fully saturated rings. The first kappa shape index (κ1) is 11.4. The monoisotopic (exact) mass is 218 g/mol.